The van der Waals surface area contributed by atoms with Gasteiger partial charge in [-0.1, -0.05) is 18.2 Å². The van der Waals surface area contributed by atoms with Crippen molar-refractivity contribution >= 4 is 16.8 Å². The monoisotopic (exact) mass is 324 g/mol. The summed E-state index contributed by atoms with van der Waals surface area (Å²) in [6.07, 6.45) is 1.67. The van der Waals surface area contributed by atoms with Crippen LogP contribution in [0.5, 0.6) is 0 Å². The number of aromatic amines is 2. The predicted octanol–water partition coefficient (Wildman–Crippen LogP) is 2.23. The Kier molecular flexibility index (Phi) is 4.46. The number of pyridine rings is 1. The summed E-state index contributed by atoms with van der Waals surface area (Å²) in [5, 5.41) is 10.8. The van der Waals surface area contributed by atoms with Crippen LogP contribution in [0.25, 0.3) is 10.9 Å². The van der Waals surface area contributed by atoms with Gasteiger partial charge in [0.05, 0.1) is 11.3 Å². The molecule has 2 heterocycles. The molecule has 0 spiro atoms. The Morgan fingerprint density at radius 1 is 1.25 bits per heavy atom. The summed E-state index contributed by atoms with van der Waals surface area (Å²) >= 11 is 0. The zero-order valence-corrected chi connectivity index (χ0v) is 13.8. The zero-order valence-electron chi connectivity index (χ0n) is 13.8. The van der Waals surface area contributed by atoms with Gasteiger partial charge in [-0.2, -0.15) is 5.10 Å². The van der Waals surface area contributed by atoms with E-state index in [1.807, 2.05) is 32.0 Å². The predicted molar refractivity (Wildman–Crippen MR) is 93.3 cm³/mol. The summed E-state index contributed by atoms with van der Waals surface area (Å²) in [7, 11) is 0. The quantitative estimate of drug-likeness (QED) is 0.629. The number of H-pyrrole nitrogens is 2. The van der Waals surface area contributed by atoms with E-state index in [1.54, 1.807) is 6.07 Å². The molecule has 3 aromatic rings. The van der Waals surface area contributed by atoms with Crippen LogP contribution in [0.2, 0.25) is 0 Å². The number of para-hydroxylation sites is 1. The number of hydrogen-bond donors (Lipinski definition) is 3. The first-order chi connectivity index (χ1) is 11.6. The van der Waals surface area contributed by atoms with E-state index in [0.29, 0.717) is 17.6 Å². The summed E-state index contributed by atoms with van der Waals surface area (Å²) in [6, 6.07) is 8.65. The van der Waals surface area contributed by atoms with Crippen LogP contribution in [0, 0.1) is 13.8 Å². The van der Waals surface area contributed by atoms with E-state index >= 15 is 0 Å². The molecule has 0 fully saturated rings. The maximum atomic E-state index is 12.4. The molecular formula is C18H20N4O2. The van der Waals surface area contributed by atoms with Crippen molar-refractivity contribution in [2.24, 2.45) is 0 Å². The fourth-order valence-electron chi connectivity index (χ4n) is 2.90. The van der Waals surface area contributed by atoms with Gasteiger partial charge in [0, 0.05) is 29.2 Å². The molecule has 0 aliphatic heterocycles. The van der Waals surface area contributed by atoms with Crippen LogP contribution in [-0.4, -0.2) is 27.6 Å². The zero-order chi connectivity index (χ0) is 17.1. The van der Waals surface area contributed by atoms with Crippen molar-refractivity contribution in [2.45, 2.75) is 26.7 Å². The van der Waals surface area contributed by atoms with Gasteiger partial charge in [-0.15, -0.1) is 0 Å². The molecule has 6 heteroatoms. The fraction of sp³-hybridized carbons (Fsp3) is 0.278. The smallest absolute Gasteiger partial charge is 0.252 e. The largest absolute Gasteiger partial charge is 0.352 e. The first-order valence-electron chi connectivity index (χ1n) is 7.97. The Hall–Kier alpha value is -2.89. The average Bonchev–Trinajstić information content (AvgIpc) is 2.89. The van der Waals surface area contributed by atoms with E-state index in [1.165, 1.54) is 11.6 Å². The maximum Gasteiger partial charge on any atom is 0.252 e. The molecule has 124 valence electrons. The van der Waals surface area contributed by atoms with Gasteiger partial charge in [0.2, 0.25) is 5.56 Å². The summed E-state index contributed by atoms with van der Waals surface area (Å²) in [6.45, 7) is 4.51. The van der Waals surface area contributed by atoms with Crippen LogP contribution < -0.4 is 10.9 Å². The third kappa shape index (κ3) is 3.22. The minimum absolute atomic E-state index is 0.224. The molecule has 3 rings (SSSR count). The maximum absolute atomic E-state index is 12.4. The third-order valence-electron chi connectivity index (χ3n) is 4.16. The van der Waals surface area contributed by atoms with E-state index in [2.05, 4.69) is 20.5 Å². The van der Waals surface area contributed by atoms with E-state index < -0.39 is 0 Å². The van der Waals surface area contributed by atoms with E-state index in [9.17, 15) is 9.59 Å². The second-order valence-electron chi connectivity index (χ2n) is 5.86. The van der Waals surface area contributed by atoms with Gasteiger partial charge in [0.1, 0.15) is 0 Å². The molecule has 3 N–H and O–H groups in total. The fourth-order valence-corrected chi connectivity index (χ4v) is 2.90. The Labute approximate surface area is 139 Å². The lowest BCUT2D eigenvalue weighted by Gasteiger charge is -2.08. The highest BCUT2D eigenvalue weighted by molar-refractivity contribution is 6.05. The number of benzene rings is 1. The highest BCUT2D eigenvalue weighted by Crippen LogP contribution is 2.15. The minimum Gasteiger partial charge on any atom is -0.352 e. The number of fused-ring (bicyclic) bond motifs is 1. The number of carbonyl (C=O) groups is 1. The number of hydrogen-bond acceptors (Lipinski definition) is 3. The first kappa shape index (κ1) is 16.0. The lowest BCUT2D eigenvalue weighted by Crippen LogP contribution is -2.26. The third-order valence-corrected chi connectivity index (χ3v) is 4.16. The summed E-state index contributed by atoms with van der Waals surface area (Å²) in [4.78, 5) is 26.9. The van der Waals surface area contributed by atoms with Crippen LogP contribution in [0.4, 0.5) is 0 Å². The molecule has 1 amide bonds. The average molecular weight is 324 g/mol. The lowest BCUT2D eigenvalue weighted by atomic mass is 10.1. The number of aromatic nitrogens is 3. The summed E-state index contributed by atoms with van der Waals surface area (Å²) in [5.74, 6) is -0.224. The van der Waals surface area contributed by atoms with Crippen LogP contribution in [0.3, 0.4) is 0 Å². The molecular weight excluding hydrogens is 304 g/mol. The van der Waals surface area contributed by atoms with Crippen molar-refractivity contribution in [1.82, 2.24) is 20.5 Å². The van der Waals surface area contributed by atoms with Crippen molar-refractivity contribution in [2.75, 3.05) is 6.54 Å². The molecule has 2 aromatic heterocycles. The molecule has 0 radical (unpaired) electrons. The highest BCUT2D eigenvalue weighted by Gasteiger charge is 2.11. The van der Waals surface area contributed by atoms with Gasteiger partial charge in [-0.25, -0.2) is 0 Å². The Balaban J connectivity index is 1.67. The van der Waals surface area contributed by atoms with Gasteiger partial charge in [0.25, 0.3) is 5.91 Å². The number of amides is 1. The van der Waals surface area contributed by atoms with Crippen LogP contribution in [0.1, 0.15) is 33.7 Å². The number of rotatable bonds is 5. The molecule has 0 aliphatic rings. The second-order valence-corrected chi connectivity index (χ2v) is 5.86. The topological polar surface area (TPSA) is 90.6 Å². The molecule has 6 nitrogen and oxygen atoms in total. The molecule has 0 unspecified atom stereocenters. The molecule has 0 atom stereocenters. The van der Waals surface area contributed by atoms with E-state index in [-0.39, 0.29) is 11.5 Å². The number of nitrogens with one attached hydrogen (secondary N) is 3. The van der Waals surface area contributed by atoms with E-state index in [4.69, 9.17) is 0 Å². The minimum atomic E-state index is -0.275. The van der Waals surface area contributed by atoms with Crippen LogP contribution in [0.15, 0.2) is 35.1 Å². The summed E-state index contributed by atoms with van der Waals surface area (Å²) in [5.41, 5.74) is 4.07. The van der Waals surface area contributed by atoms with Gasteiger partial charge in [-0.05, 0) is 38.3 Å². The molecule has 0 bridgehead atoms. The number of aryl methyl sites for hydroxylation is 2. The van der Waals surface area contributed by atoms with Crippen molar-refractivity contribution in [1.29, 1.82) is 0 Å². The Morgan fingerprint density at radius 2 is 2.04 bits per heavy atom. The van der Waals surface area contributed by atoms with Gasteiger partial charge in [0.15, 0.2) is 0 Å². The molecule has 1 aromatic carbocycles. The Morgan fingerprint density at radius 3 is 2.79 bits per heavy atom. The first-order valence-corrected chi connectivity index (χ1v) is 7.97. The number of nitrogens with zero attached hydrogens (tertiary/aromatic N) is 1. The normalized spacial score (nSPS) is 10.9. The second kappa shape index (κ2) is 6.70. The van der Waals surface area contributed by atoms with Crippen LogP contribution in [-0.2, 0) is 6.42 Å². The standard InChI is InChI=1S/C18H20N4O2/c1-11-13(12(2)22-21-11)7-5-9-19-18(24)15-10-17(23)20-16-8-4-3-6-14(15)16/h3-4,6,8,10H,5,7,9H2,1-2H3,(H,19,24)(H,20,23)(H,21,22). The Bertz CT molecular complexity index is 920. The highest BCUT2D eigenvalue weighted by atomic mass is 16.2. The number of carbonyl (C=O) groups excluding carboxylic acids is 1. The molecule has 24 heavy (non-hydrogen) atoms. The molecule has 0 saturated carbocycles. The van der Waals surface area contributed by atoms with Crippen molar-refractivity contribution in [3.05, 3.63) is 63.2 Å². The van der Waals surface area contributed by atoms with Gasteiger partial charge in [-0.3, -0.25) is 14.7 Å². The van der Waals surface area contributed by atoms with E-state index in [0.717, 1.165) is 29.6 Å². The van der Waals surface area contributed by atoms with Gasteiger partial charge < -0.3 is 10.3 Å². The van der Waals surface area contributed by atoms with Gasteiger partial charge >= 0.3 is 0 Å². The van der Waals surface area contributed by atoms with Crippen molar-refractivity contribution in [3.8, 4) is 0 Å². The molecule has 0 aliphatic carbocycles. The SMILES string of the molecule is Cc1n[nH]c(C)c1CCCNC(=O)c1cc(=O)[nH]c2ccccc12. The summed E-state index contributed by atoms with van der Waals surface area (Å²) < 4.78 is 0. The van der Waals surface area contributed by atoms with Crippen molar-refractivity contribution in [3.63, 3.8) is 0 Å². The van der Waals surface area contributed by atoms with Crippen LogP contribution >= 0.6 is 0 Å². The lowest BCUT2D eigenvalue weighted by molar-refractivity contribution is 0.0954. The molecule has 0 saturated heterocycles. The van der Waals surface area contributed by atoms with Crippen molar-refractivity contribution < 1.29 is 4.79 Å².